The normalized spacial score (nSPS) is 10.4. The molecule has 0 radical (unpaired) electrons. The fourth-order valence-corrected chi connectivity index (χ4v) is 1.70. The second-order valence-corrected chi connectivity index (χ2v) is 5.61. The van der Waals surface area contributed by atoms with E-state index in [1.165, 1.54) is 0 Å². The monoisotopic (exact) mass is 312 g/mol. The summed E-state index contributed by atoms with van der Waals surface area (Å²) in [5.74, 6) is 0.611. The Hall–Kier alpha value is -1.52. The number of benzene rings is 1. The maximum Gasteiger partial charge on any atom is 0.258 e. The summed E-state index contributed by atoms with van der Waals surface area (Å²) < 4.78 is 5.60. The van der Waals surface area contributed by atoms with Gasteiger partial charge < -0.3 is 15.4 Å². The molecule has 1 rings (SSSR count). The summed E-state index contributed by atoms with van der Waals surface area (Å²) in [5, 5.41) is 6.09. The van der Waals surface area contributed by atoms with Gasteiger partial charge in [-0.3, -0.25) is 4.79 Å². The zero-order chi connectivity index (χ0) is 15.0. The molecule has 2 N–H and O–H groups in total. The third-order valence-corrected chi connectivity index (χ3v) is 2.45. The summed E-state index contributed by atoms with van der Waals surface area (Å²) in [6.07, 6.45) is 1.81. The van der Waals surface area contributed by atoms with Crippen LogP contribution in [0.25, 0.3) is 0 Å². The van der Waals surface area contributed by atoms with E-state index in [4.69, 9.17) is 4.74 Å². The average molecular weight is 313 g/mol. The zero-order valence-electron chi connectivity index (χ0n) is 12.9. The number of carbonyl (C=O) groups is 1. The summed E-state index contributed by atoms with van der Waals surface area (Å²) in [6, 6.07) is 7.70. The van der Waals surface area contributed by atoms with Gasteiger partial charge >= 0.3 is 0 Å². The molecule has 0 saturated heterocycles. The molecule has 0 spiro atoms. The minimum atomic E-state index is -0.245. The average Bonchev–Trinajstić information content (AvgIpc) is 2.36. The van der Waals surface area contributed by atoms with E-state index in [1.54, 1.807) is 6.08 Å². The van der Waals surface area contributed by atoms with Gasteiger partial charge in [0.2, 0.25) is 0 Å². The number of amides is 1. The molecule has 0 unspecified atom stereocenters. The minimum Gasteiger partial charge on any atom is -0.483 e. The first-order valence-electron chi connectivity index (χ1n) is 6.75. The van der Waals surface area contributed by atoms with Gasteiger partial charge in [0.25, 0.3) is 5.91 Å². The number of nitrogens with one attached hydrogen (secondary N) is 2. The minimum absolute atomic E-state index is 0. The van der Waals surface area contributed by atoms with Crippen LogP contribution < -0.4 is 15.4 Å². The van der Waals surface area contributed by atoms with E-state index in [2.05, 4.69) is 17.2 Å². The fraction of sp³-hybridized carbons (Fsp3) is 0.438. The van der Waals surface area contributed by atoms with E-state index in [-0.39, 0.29) is 30.5 Å². The Balaban J connectivity index is 0.00000400. The van der Waals surface area contributed by atoms with E-state index in [1.807, 2.05) is 45.0 Å². The van der Waals surface area contributed by atoms with Crippen molar-refractivity contribution in [3.05, 3.63) is 42.5 Å². The third-order valence-electron chi connectivity index (χ3n) is 2.45. The van der Waals surface area contributed by atoms with Crippen molar-refractivity contribution >= 4 is 18.3 Å². The molecule has 0 fully saturated rings. The molecule has 0 bridgehead atoms. The Bertz CT molecular complexity index is 456. The van der Waals surface area contributed by atoms with Crippen LogP contribution in [0, 0.1) is 0 Å². The van der Waals surface area contributed by atoms with Crippen molar-refractivity contribution in [1.82, 2.24) is 10.6 Å². The van der Waals surface area contributed by atoms with Gasteiger partial charge in [0, 0.05) is 24.2 Å². The molecule has 0 aliphatic carbocycles. The lowest BCUT2D eigenvalue weighted by Crippen LogP contribution is -2.43. The molecule has 1 amide bonds. The van der Waals surface area contributed by atoms with Gasteiger partial charge in [0.05, 0.1) is 0 Å². The first-order chi connectivity index (χ1) is 9.42. The highest BCUT2D eigenvalue weighted by molar-refractivity contribution is 5.85. The van der Waals surface area contributed by atoms with Gasteiger partial charge in [-0.15, -0.1) is 19.0 Å². The van der Waals surface area contributed by atoms with Crippen molar-refractivity contribution in [3.63, 3.8) is 0 Å². The second kappa shape index (κ2) is 9.42. The Morgan fingerprint density at radius 2 is 2.00 bits per heavy atom. The first-order valence-corrected chi connectivity index (χ1v) is 6.75. The summed E-state index contributed by atoms with van der Waals surface area (Å²) in [7, 11) is 0. The Morgan fingerprint density at radius 1 is 1.33 bits per heavy atom. The molecule has 1 aromatic rings. The van der Waals surface area contributed by atoms with Crippen LogP contribution in [-0.2, 0) is 11.3 Å². The maximum atomic E-state index is 11.7. The van der Waals surface area contributed by atoms with Crippen LogP contribution in [-0.4, -0.2) is 24.6 Å². The van der Waals surface area contributed by atoms with Crippen molar-refractivity contribution < 1.29 is 9.53 Å². The molecule has 0 aliphatic heterocycles. The van der Waals surface area contributed by atoms with Crippen molar-refractivity contribution in [3.8, 4) is 5.75 Å². The molecule has 0 saturated carbocycles. The number of para-hydroxylation sites is 1. The van der Waals surface area contributed by atoms with Crippen molar-refractivity contribution in [2.75, 3.05) is 13.2 Å². The van der Waals surface area contributed by atoms with Gasteiger partial charge in [-0.2, -0.15) is 0 Å². The lowest BCUT2D eigenvalue weighted by Gasteiger charge is -2.20. The predicted octanol–water partition coefficient (Wildman–Crippen LogP) is 2.68. The van der Waals surface area contributed by atoms with Gasteiger partial charge in [-0.1, -0.05) is 24.3 Å². The molecule has 118 valence electrons. The van der Waals surface area contributed by atoms with Crippen molar-refractivity contribution in [2.24, 2.45) is 0 Å². The smallest absolute Gasteiger partial charge is 0.258 e. The maximum absolute atomic E-state index is 11.7. The topological polar surface area (TPSA) is 50.4 Å². The molecule has 0 atom stereocenters. The number of halogens is 1. The molecular weight excluding hydrogens is 288 g/mol. The molecule has 21 heavy (non-hydrogen) atoms. The molecule has 0 aromatic heterocycles. The van der Waals surface area contributed by atoms with Gasteiger partial charge in [-0.05, 0) is 26.8 Å². The van der Waals surface area contributed by atoms with E-state index in [9.17, 15) is 4.79 Å². The highest BCUT2D eigenvalue weighted by Crippen LogP contribution is 2.17. The molecule has 1 aromatic carbocycles. The fourth-order valence-electron chi connectivity index (χ4n) is 1.70. The van der Waals surface area contributed by atoms with Gasteiger partial charge in [-0.25, -0.2) is 0 Å². The summed E-state index contributed by atoms with van der Waals surface area (Å²) in [6.45, 7) is 10.9. The van der Waals surface area contributed by atoms with Crippen LogP contribution in [0.5, 0.6) is 5.75 Å². The first kappa shape index (κ1) is 19.5. The van der Waals surface area contributed by atoms with Crippen LogP contribution in [0.3, 0.4) is 0 Å². The SMILES string of the molecule is C=CCNCc1ccccc1OCC(=O)NC(C)(C)C.Cl. The third kappa shape index (κ3) is 8.38. The van der Waals surface area contributed by atoms with E-state index < -0.39 is 0 Å². The van der Waals surface area contributed by atoms with E-state index in [0.717, 1.165) is 17.9 Å². The largest absolute Gasteiger partial charge is 0.483 e. The number of rotatable bonds is 7. The molecule has 0 aliphatic rings. The lowest BCUT2D eigenvalue weighted by molar-refractivity contribution is -0.124. The van der Waals surface area contributed by atoms with Crippen molar-refractivity contribution in [1.29, 1.82) is 0 Å². The van der Waals surface area contributed by atoms with Crippen LogP contribution in [0.15, 0.2) is 36.9 Å². The van der Waals surface area contributed by atoms with E-state index >= 15 is 0 Å². The summed E-state index contributed by atoms with van der Waals surface area (Å²) in [5.41, 5.74) is 0.781. The number of carbonyl (C=O) groups excluding carboxylic acids is 1. The number of ether oxygens (including phenoxy) is 1. The Labute approximate surface area is 133 Å². The highest BCUT2D eigenvalue weighted by atomic mass is 35.5. The van der Waals surface area contributed by atoms with Crippen LogP contribution >= 0.6 is 12.4 Å². The molecule has 0 heterocycles. The number of hydrogen-bond donors (Lipinski definition) is 2. The number of hydrogen-bond acceptors (Lipinski definition) is 3. The highest BCUT2D eigenvalue weighted by Gasteiger charge is 2.14. The predicted molar refractivity (Wildman–Crippen MR) is 89.0 cm³/mol. The Morgan fingerprint density at radius 3 is 2.62 bits per heavy atom. The van der Waals surface area contributed by atoms with Crippen molar-refractivity contribution in [2.45, 2.75) is 32.9 Å². The standard InChI is InChI=1S/C16H24N2O2.ClH/c1-5-10-17-11-13-8-6-7-9-14(13)20-12-15(19)18-16(2,3)4;/h5-9,17H,1,10-12H2,2-4H3,(H,18,19);1H. The summed E-state index contributed by atoms with van der Waals surface area (Å²) in [4.78, 5) is 11.7. The van der Waals surface area contributed by atoms with Gasteiger partial charge in [0.1, 0.15) is 5.75 Å². The Kier molecular flexibility index (Phi) is 8.74. The van der Waals surface area contributed by atoms with E-state index in [0.29, 0.717) is 6.54 Å². The summed E-state index contributed by atoms with van der Waals surface area (Å²) >= 11 is 0. The quantitative estimate of drug-likeness (QED) is 0.601. The molecule has 5 heteroatoms. The van der Waals surface area contributed by atoms with Crippen LogP contribution in [0.4, 0.5) is 0 Å². The van der Waals surface area contributed by atoms with Crippen LogP contribution in [0.1, 0.15) is 26.3 Å². The molecule has 4 nitrogen and oxygen atoms in total. The zero-order valence-corrected chi connectivity index (χ0v) is 13.8. The second-order valence-electron chi connectivity index (χ2n) is 5.61. The molecular formula is C16H25ClN2O2. The van der Waals surface area contributed by atoms with Crippen LogP contribution in [0.2, 0.25) is 0 Å². The van der Waals surface area contributed by atoms with Gasteiger partial charge in [0.15, 0.2) is 6.61 Å². The lowest BCUT2D eigenvalue weighted by atomic mass is 10.1.